The van der Waals surface area contributed by atoms with E-state index in [1.165, 1.54) is 36.0 Å². The molecule has 82 valence electrons. The first-order valence-corrected chi connectivity index (χ1v) is 6.00. The van der Waals surface area contributed by atoms with Crippen LogP contribution in [0.3, 0.4) is 0 Å². The van der Waals surface area contributed by atoms with Crippen molar-refractivity contribution in [2.75, 3.05) is 0 Å². The third-order valence-corrected chi connectivity index (χ3v) is 3.49. The van der Waals surface area contributed by atoms with E-state index >= 15 is 0 Å². The molecular weight excluding hydrogens is 182 g/mol. The summed E-state index contributed by atoms with van der Waals surface area (Å²) >= 11 is 0. The molecule has 0 aromatic heterocycles. The Hall–Kier alpha value is -0.820. The number of hydrogen-bond donors (Lipinski definition) is 1. The van der Waals surface area contributed by atoms with Gasteiger partial charge in [-0.3, -0.25) is 0 Å². The number of nitrogens with one attached hydrogen (secondary N) is 1. The summed E-state index contributed by atoms with van der Waals surface area (Å²) in [6.45, 7) is 6.65. The molecule has 0 radical (unpaired) electrons. The predicted molar refractivity (Wildman–Crippen MR) is 65.1 cm³/mol. The number of benzene rings is 1. The Morgan fingerprint density at radius 1 is 1.27 bits per heavy atom. The number of aryl methyl sites for hydroxylation is 2. The molecule has 0 heterocycles. The number of hydrogen-bond acceptors (Lipinski definition) is 1. The second-order valence-electron chi connectivity index (χ2n) is 4.88. The Labute approximate surface area is 92.9 Å². The van der Waals surface area contributed by atoms with Crippen LogP contribution < -0.4 is 5.32 Å². The zero-order valence-corrected chi connectivity index (χ0v) is 10.0. The minimum Gasteiger partial charge on any atom is -0.307 e. The molecule has 0 bridgehead atoms. The lowest BCUT2D eigenvalue weighted by molar-refractivity contribution is 0.313. The Morgan fingerprint density at radius 2 is 2.00 bits per heavy atom. The van der Waals surface area contributed by atoms with Crippen molar-refractivity contribution in [2.45, 2.75) is 52.1 Å². The molecule has 1 heteroatoms. The molecule has 2 rings (SSSR count). The van der Waals surface area contributed by atoms with Gasteiger partial charge in [-0.15, -0.1) is 0 Å². The SMILES string of the molecule is Cc1ccc(C)c(C(C)NC2CCC2)c1. The fourth-order valence-electron chi connectivity index (χ4n) is 2.24. The van der Waals surface area contributed by atoms with Gasteiger partial charge >= 0.3 is 0 Å². The van der Waals surface area contributed by atoms with Gasteiger partial charge in [0.05, 0.1) is 0 Å². The zero-order chi connectivity index (χ0) is 10.8. The molecule has 15 heavy (non-hydrogen) atoms. The average Bonchev–Trinajstić information content (AvgIpc) is 2.15. The highest BCUT2D eigenvalue weighted by Crippen LogP contribution is 2.24. The predicted octanol–water partition coefficient (Wildman–Crippen LogP) is 3.51. The molecule has 1 saturated carbocycles. The van der Waals surface area contributed by atoms with Gasteiger partial charge in [-0.1, -0.05) is 30.2 Å². The summed E-state index contributed by atoms with van der Waals surface area (Å²) in [5, 5.41) is 3.70. The van der Waals surface area contributed by atoms with Gasteiger partial charge in [-0.25, -0.2) is 0 Å². The normalized spacial score (nSPS) is 18.6. The molecule has 1 nitrogen and oxygen atoms in total. The van der Waals surface area contributed by atoms with Crippen molar-refractivity contribution in [1.29, 1.82) is 0 Å². The highest BCUT2D eigenvalue weighted by molar-refractivity contribution is 5.32. The summed E-state index contributed by atoms with van der Waals surface area (Å²) in [6, 6.07) is 7.99. The fourth-order valence-corrected chi connectivity index (χ4v) is 2.24. The largest absolute Gasteiger partial charge is 0.307 e. The first-order chi connectivity index (χ1) is 7.16. The molecule has 1 aromatic carbocycles. The van der Waals surface area contributed by atoms with Crippen LogP contribution in [0.25, 0.3) is 0 Å². The molecule has 1 fully saturated rings. The Morgan fingerprint density at radius 3 is 2.60 bits per heavy atom. The van der Waals surface area contributed by atoms with Crippen molar-refractivity contribution in [3.05, 3.63) is 34.9 Å². The van der Waals surface area contributed by atoms with Crippen LogP contribution in [0, 0.1) is 13.8 Å². The summed E-state index contributed by atoms with van der Waals surface area (Å²) in [5.74, 6) is 0. The summed E-state index contributed by atoms with van der Waals surface area (Å²) in [7, 11) is 0. The van der Waals surface area contributed by atoms with E-state index in [1.807, 2.05) is 0 Å². The molecular formula is C14H21N. The maximum atomic E-state index is 3.70. The smallest absolute Gasteiger partial charge is 0.0297 e. The number of rotatable bonds is 3. The highest BCUT2D eigenvalue weighted by atomic mass is 15.0. The van der Waals surface area contributed by atoms with Gasteiger partial charge in [0.15, 0.2) is 0 Å². The average molecular weight is 203 g/mol. The minimum absolute atomic E-state index is 0.496. The van der Waals surface area contributed by atoms with E-state index in [2.05, 4.69) is 44.3 Å². The van der Waals surface area contributed by atoms with Gasteiger partial charge in [0, 0.05) is 12.1 Å². The minimum atomic E-state index is 0.496. The van der Waals surface area contributed by atoms with Crippen LogP contribution in [0.1, 0.15) is 48.9 Å². The molecule has 0 aliphatic heterocycles. The first-order valence-electron chi connectivity index (χ1n) is 6.00. The second-order valence-corrected chi connectivity index (χ2v) is 4.88. The highest BCUT2D eigenvalue weighted by Gasteiger charge is 2.20. The van der Waals surface area contributed by atoms with Crippen molar-refractivity contribution in [2.24, 2.45) is 0 Å². The summed E-state index contributed by atoms with van der Waals surface area (Å²) in [5.41, 5.74) is 4.22. The van der Waals surface area contributed by atoms with Gasteiger partial charge in [-0.05, 0) is 44.7 Å². The van der Waals surface area contributed by atoms with Gasteiger partial charge in [0.1, 0.15) is 0 Å². The van der Waals surface area contributed by atoms with E-state index in [9.17, 15) is 0 Å². The molecule has 1 unspecified atom stereocenters. The molecule has 0 saturated heterocycles. The third kappa shape index (κ3) is 2.40. The molecule has 1 atom stereocenters. The van der Waals surface area contributed by atoms with Crippen molar-refractivity contribution in [3.63, 3.8) is 0 Å². The van der Waals surface area contributed by atoms with E-state index in [-0.39, 0.29) is 0 Å². The summed E-state index contributed by atoms with van der Waals surface area (Å²) < 4.78 is 0. The maximum Gasteiger partial charge on any atom is 0.0297 e. The van der Waals surface area contributed by atoms with Crippen LogP contribution >= 0.6 is 0 Å². The van der Waals surface area contributed by atoms with Gasteiger partial charge in [0.25, 0.3) is 0 Å². The van der Waals surface area contributed by atoms with E-state index < -0.39 is 0 Å². The molecule has 0 spiro atoms. The van der Waals surface area contributed by atoms with Crippen molar-refractivity contribution in [1.82, 2.24) is 5.32 Å². The topological polar surface area (TPSA) is 12.0 Å². The maximum absolute atomic E-state index is 3.70. The first kappa shape index (κ1) is 10.7. The lowest BCUT2D eigenvalue weighted by atomic mass is 9.91. The molecule has 1 aliphatic rings. The van der Waals surface area contributed by atoms with Crippen LogP contribution in [0.2, 0.25) is 0 Å². The summed E-state index contributed by atoms with van der Waals surface area (Å²) in [4.78, 5) is 0. The lowest BCUT2D eigenvalue weighted by Gasteiger charge is -2.30. The van der Waals surface area contributed by atoms with E-state index in [0.717, 1.165) is 6.04 Å². The fraction of sp³-hybridized carbons (Fsp3) is 0.571. The van der Waals surface area contributed by atoms with Gasteiger partial charge in [-0.2, -0.15) is 0 Å². The monoisotopic (exact) mass is 203 g/mol. The van der Waals surface area contributed by atoms with Crippen LogP contribution in [-0.4, -0.2) is 6.04 Å². The Balaban J connectivity index is 2.09. The lowest BCUT2D eigenvalue weighted by Crippen LogP contribution is -2.37. The molecule has 1 aromatic rings. The summed E-state index contributed by atoms with van der Waals surface area (Å²) in [6.07, 6.45) is 4.11. The Kier molecular flexibility index (Phi) is 3.11. The van der Waals surface area contributed by atoms with Crippen molar-refractivity contribution >= 4 is 0 Å². The van der Waals surface area contributed by atoms with Crippen LogP contribution in [-0.2, 0) is 0 Å². The van der Waals surface area contributed by atoms with E-state index in [0.29, 0.717) is 6.04 Å². The van der Waals surface area contributed by atoms with E-state index in [4.69, 9.17) is 0 Å². The molecule has 1 aliphatic carbocycles. The molecule has 0 amide bonds. The second kappa shape index (κ2) is 4.36. The van der Waals surface area contributed by atoms with Gasteiger partial charge < -0.3 is 5.32 Å². The van der Waals surface area contributed by atoms with Crippen LogP contribution in [0.5, 0.6) is 0 Å². The van der Waals surface area contributed by atoms with Gasteiger partial charge in [0.2, 0.25) is 0 Å². The van der Waals surface area contributed by atoms with Crippen molar-refractivity contribution in [3.8, 4) is 0 Å². The van der Waals surface area contributed by atoms with Crippen LogP contribution in [0.4, 0.5) is 0 Å². The standard InChI is InChI=1S/C14H21N/c1-10-7-8-11(2)14(9-10)12(3)15-13-5-4-6-13/h7-9,12-13,15H,4-6H2,1-3H3. The zero-order valence-electron chi connectivity index (χ0n) is 10.0. The quantitative estimate of drug-likeness (QED) is 0.792. The molecule has 1 N–H and O–H groups in total. The Bertz CT molecular complexity index is 339. The van der Waals surface area contributed by atoms with Crippen molar-refractivity contribution < 1.29 is 0 Å². The third-order valence-electron chi connectivity index (χ3n) is 3.49. The van der Waals surface area contributed by atoms with E-state index in [1.54, 1.807) is 0 Å². The van der Waals surface area contributed by atoms with Crippen LogP contribution in [0.15, 0.2) is 18.2 Å².